The van der Waals surface area contributed by atoms with Crippen molar-refractivity contribution in [3.05, 3.63) is 39.5 Å². The molecule has 0 atom stereocenters. The first-order valence-electron chi connectivity index (χ1n) is 5.80. The van der Waals surface area contributed by atoms with Gasteiger partial charge in [-0.2, -0.15) is 0 Å². The Kier molecular flexibility index (Phi) is 4.78. The number of halogens is 1. The molecule has 0 fully saturated rings. The van der Waals surface area contributed by atoms with Crippen LogP contribution in [0.3, 0.4) is 0 Å². The van der Waals surface area contributed by atoms with Crippen LogP contribution in [0.5, 0.6) is 0 Å². The molecule has 1 heterocycles. The molecule has 0 spiro atoms. The summed E-state index contributed by atoms with van der Waals surface area (Å²) >= 11 is 7.00. The predicted molar refractivity (Wildman–Crippen MR) is 81.9 cm³/mol. The number of nitro groups is 1. The average Bonchev–Trinajstić information content (AvgIpc) is 2.46. The van der Waals surface area contributed by atoms with Gasteiger partial charge in [0.1, 0.15) is 5.03 Å². The highest BCUT2D eigenvalue weighted by Gasteiger charge is 2.17. The van der Waals surface area contributed by atoms with Crippen molar-refractivity contribution < 1.29 is 14.8 Å². The summed E-state index contributed by atoms with van der Waals surface area (Å²) in [6.07, 6.45) is 1.36. The van der Waals surface area contributed by atoms with Gasteiger partial charge >= 0.3 is 5.97 Å². The second-order valence-corrected chi connectivity index (χ2v) is 5.42. The number of nitro benzene ring substituents is 1. The summed E-state index contributed by atoms with van der Waals surface area (Å²) in [5.41, 5.74) is 6.08. The lowest BCUT2D eigenvalue weighted by molar-refractivity contribution is -0.384. The molecule has 2 aromatic rings. The Labute approximate surface area is 133 Å². The number of thioether (sulfide) groups is 1. The highest BCUT2D eigenvalue weighted by Crippen LogP contribution is 2.36. The Morgan fingerprint density at radius 2 is 2.18 bits per heavy atom. The Balaban J connectivity index is 2.54. The molecule has 0 radical (unpaired) electrons. The van der Waals surface area contributed by atoms with Gasteiger partial charge in [0.05, 0.1) is 10.7 Å². The van der Waals surface area contributed by atoms with Crippen molar-refractivity contribution in [2.75, 3.05) is 11.5 Å². The van der Waals surface area contributed by atoms with Crippen molar-refractivity contribution in [2.45, 2.75) is 5.03 Å². The number of non-ortho nitro benzene ring substituents is 1. The lowest BCUT2D eigenvalue weighted by atomic mass is 10.1. The number of nitrogens with two attached hydrogens (primary N) is 1. The van der Waals surface area contributed by atoms with E-state index >= 15 is 0 Å². The lowest BCUT2D eigenvalue weighted by Crippen LogP contribution is -2.02. The highest BCUT2D eigenvalue weighted by atomic mass is 35.5. The summed E-state index contributed by atoms with van der Waals surface area (Å²) in [6, 6.07) is 3.94. The number of nitrogens with zero attached hydrogens (tertiary/aromatic N) is 3. The van der Waals surface area contributed by atoms with Crippen LogP contribution in [0, 0.1) is 10.1 Å². The number of hydrogen-bond acceptors (Lipinski definition) is 7. The van der Waals surface area contributed by atoms with E-state index in [0.717, 1.165) is 11.8 Å². The van der Waals surface area contributed by atoms with Crippen molar-refractivity contribution in [1.29, 1.82) is 0 Å². The topological polar surface area (TPSA) is 132 Å². The molecule has 114 valence electrons. The maximum atomic E-state index is 10.9. The summed E-state index contributed by atoms with van der Waals surface area (Å²) in [5.74, 6) is -1.30. The van der Waals surface area contributed by atoms with E-state index in [9.17, 15) is 14.9 Å². The molecular formula is C12H9ClN4O4S. The van der Waals surface area contributed by atoms with Crippen LogP contribution in [0.25, 0.3) is 11.1 Å². The molecule has 1 aromatic carbocycles. The van der Waals surface area contributed by atoms with Gasteiger partial charge in [0, 0.05) is 34.5 Å². The summed E-state index contributed by atoms with van der Waals surface area (Å²) in [5, 5.41) is 20.2. The number of aliphatic carboxylic acids is 1. The summed E-state index contributed by atoms with van der Waals surface area (Å²) in [6.45, 7) is 0. The molecule has 1 aromatic heterocycles. The monoisotopic (exact) mass is 340 g/mol. The number of carbonyl (C=O) groups is 1. The molecule has 10 heteroatoms. The van der Waals surface area contributed by atoms with Gasteiger partial charge in [-0.3, -0.25) is 14.9 Å². The SMILES string of the molecule is Nc1ncc(-c2cc([N+](=O)[O-])ccc2Cl)c(SCC(=O)O)n1. The zero-order valence-electron chi connectivity index (χ0n) is 10.9. The van der Waals surface area contributed by atoms with E-state index in [1.54, 1.807) is 0 Å². The summed E-state index contributed by atoms with van der Waals surface area (Å²) in [4.78, 5) is 28.8. The van der Waals surface area contributed by atoms with Gasteiger partial charge in [-0.1, -0.05) is 23.4 Å². The third-order valence-corrected chi connectivity index (χ3v) is 3.86. The first-order chi connectivity index (χ1) is 10.4. The zero-order valence-corrected chi connectivity index (χ0v) is 12.5. The third kappa shape index (κ3) is 3.62. The maximum absolute atomic E-state index is 10.9. The quantitative estimate of drug-likeness (QED) is 0.367. The maximum Gasteiger partial charge on any atom is 0.313 e. The van der Waals surface area contributed by atoms with Crippen molar-refractivity contribution in [1.82, 2.24) is 9.97 Å². The van der Waals surface area contributed by atoms with E-state index in [1.807, 2.05) is 0 Å². The van der Waals surface area contributed by atoms with E-state index in [1.165, 1.54) is 24.4 Å². The fourth-order valence-electron chi connectivity index (χ4n) is 1.64. The average molecular weight is 341 g/mol. The Morgan fingerprint density at radius 1 is 1.45 bits per heavy atom. The van der Waals surface area contributed by atoms with Crippen LogP contribution in [0.1, 0.15) is 0 Å². The van der Waals surface area contributed by atoms with E-state index in [0.29, 0.717) is 11.1 Å². The van der Waals surface area contributed by atoms with E-state index in [-0.39, 0.29) is 27.4 Å². The minimum Gasteiger partial charge on any atom is -0.481 e. The van der Waals surface area contributed by atoms with Crippen LogP contribution in [0.4, 0.5) is 11.6 Å². The number of aromatic nitrogens is 2. The van der Waals surface area contributed by atoms with Crippen molar-refractivity contribution in [2.24, 2.45) is 0 Å². The van der Waals surface area contributed by atoms with E-state index in [2.05, 4.69) is 9.97 Å². The second kappa shape index (κ2) is 6.58. The van der Waals surface area contributed by atoms with Gasteiger partial charge in [-0.05, 0) is 6.07 Å². The largest absolute Gasteiger partial charge is 0.481 e. The van der Waals surface area contributed by atoms with Gasteiger partial charge in [-0.15, -0.1) is 0 Å². The minimum absolute atomic E-state index is 0.0295. The van der Waals surface area contributed by atoms with Gasteiger partial charge in [0.15, 0.2) is 0 Å². The molecular weight excluding hydrogens is 332 g/mol. The normalized spacial score (nSPS) is 10.4. The van der Waals surface area contributed by atoms with Crippen LogP contribution >= 0.6 is 23.4 Å². The number of nitrogen functional groups attached to an aromatic ring is 1. The van der Waals surface area contributed by atoms with Crippen molar-refractivity contribution in [3.63, 3.8) is 0 Å². The number of carboxylic acids is 1. The molecule has 0 aliphatic carbocycles. The fourth-order valence-corrected chi connectivity index (χ4v) is 2.59. The van der Waals surface area contributed by atoms with Gasteiger partial charge in [-0.25, -0.2) is 9.97 Å². The third-order valence-electron chi connectivity index (χ3n) is 2.56. The molecule has 0 amide bonds. The minimum atomic E-state index is -1.03. The van der Waals surface area contributed by atoms with Crippen LogP contribution in [0.2, 0.25) is 5.02 Å². The molecule has 0 saturated carbocycles. The van der Waals surface area contributed by atoms with Crippen LogP contribution in [-0.4, -0.2) is 31.7 Å². The first-order valence-corrected chi connectivity index (χ1v) is 7.16. The zero-order chi connectivity index (χ0) is 16.3. The van der Waals surface area contributed by atoms with Gasteiger partial charge < -0.3 is 10.8 Å². The van der Waals surface area contributed by atoms with Gasteiger partial charge in [0.25, 0.3) is 5.69 Å². The second-order valence-electron chi connectivity index (χ2n) is 4.05. The standard InChI is InChI=1S/C12H9ClN4O4S/c13-9-2-1-6(17(20)21)3-7(9)8-4-15-12(14)16-11(8)22-5-10(18)19/h1-4H,5H2,(H,18,19)(H2,14,15,16). The Morgan fingerprint density at radius 3 is 2.82 bits per heavy atom. The molecule has 0 bridgehead atoms. The molecule has 2 rings (SSSR count). The summed E-state index contributed by atoms with van der Waals surface area (Å²) < 4.78 is 0. The summed E-state index contributed by atoms with van der Waals surface area (Å²) in [7, 11) is 0. The molecule has 0 saturated heterocycles. The molecule has 0 aliphatic rings. The Hall–Kier alpha value is -2.39. The number of carboxylic acid groups (broad SMARTS) is 1. The van der Waals surface area contributed by atoms with Crippen LogP contribution in [-0.2, 0) is 4.79 Å². The smallest absolute Gasteiger partial charge is 0.313 e. The van der Waals surface area contributed by atoms with E-state index in [4.69, 9.17) is 22.4 Å². The molecule has 22 heavy (non-hydrogen) atoms. The van der Waals surface area contributed by atoms with E-state index < -0.39 is 10.9 Å². The predicted octanol–water partition coefficient (Wildman–Crippen LogP) is 2.46. The number of benzene rings is 1. The van der Waals surface area contributed by atoms with Crippen molar-refractivity contribution in [3.8, 4) is 11.1 Å². The van der Waals surface area contributed by atoms with Crippen LogP contribution < -0.4 is 5.73 Å². The fraction of sp³-hybridized carbons (Fsp3) is 0.0833. The molecule has 0 unspecified atom stereocenters. The van der Waals surface area contributed by atoms with Crippen molar-refractivity contribution >= 4 is 41.0 Å². The lowest BCUT2D eigenvalue weighted by Gasteiger charge is -2.09. The number of hydrogen-bond donors (Lipinski definition) is 2. The molecule has 0 aliphatic heterocycles. The molecule has 3 N–H and O–H groups in total. The number of anilines is 1. The first kappa shape index (κ1) is 16.0. The van der Waals surface area contributed by atoms with Crippen LogP contribution in [0.15, 0.2) is 29.4 Å². The number of rotatable bonds is 5. The highest BCUT2D eigenvalue weighted by molar-refractivity contribution is 8.00. The Bertz CT molecular complexity index is 756. The van der Waals surface area contributed by atoms with Gasteiger partial charge in [0.2, 0.25) is 5.95 Å². The molecule has 8 nitrogen and oxygen atoms in total.